The summed E-state index contributed by atoms with van der Waals surface area (Å²) < 4.78 is 0. The molecule has 0 spiro atoms. The van der Waals surface area contributed by atoms with Crippen molar-refractivity contribution in [2.45, 2.75) is 13.0 Å². The van der Waals surface area contributed by atoms with Gasteiger partial charge in [-0.25, -0.2) is 0 Å². The third-order valence-electron chi connectivity index (χ3n) is 3.53. The van der Waals surface area contributed by atoms with E-state index in [0.29, 0.717) is 22.2 Å². The first kappa shape index (κ1) is 13.4. The molecule has 1 heterocycles. The molecule has 0 fully saturated rings. The molecule has 1 aromatic heterocycles. The highest BCUT2D eigenvalue weighted by atomic mass is 16.3. The van der Waals surface area contributed by atoms with Crippen LogP contribution in [0, 0.1) is 0 Å². The average Bonchev–Trinajstić information content (AvgIpc) is 2.48. The normalized spacial score (nSPS) is 12.5. The molecule has 4 nitrogen and oxygen atoms in total. The lowest BCUT2D eigenvalue weighted by Gasteiger charge is -2.14. The number of aliphatic hydroxyl groups excluding tert-OH is 1. The Morgan fingerprint density at radius 3 is 2.43 bits per heavy atom. The van der Waals surface area contributed by atoms with Gasteiger partial charge < -0.3 is 15.2 Å². The Labute approximate surface area is 121 Å². The minimum atomic E-state index is -0.907. The summed E-state index contributed by atoms with van der Waals surface area (Å²) >= 11 is 0. The maximum atomic E-state index is 12.6. The fourth-order valence-corrected chi connectivity index (χ4v) is 2.54. The van der Waals surface area contributed by atoms with Crippen molar-refractivity contribution in [3.05, 3.63) is 64.3 Å². The number of pyridine rings is 1. The van der Waals surface area contributed by atoms with Gasteiger partial charge in [0.1, 0.15) is 5.75 Å². The van der Waals surface area contributed by atoms with E-state index in [1.807, 2.05) is 30.3 Å². The molecule has 0 bridgehead atoms. The first-order valence-electron chi connectivity index (χ1n) is 6.71. The van der Waals surface area contributed by atoms with Crippen molar-refractivity contribution >= 4 is 10.9 Å². The topological polar surface area (TPSA) is 73.3 Å². The fourth-order valence-electron chi connectivity index (χ4n) is 2.54. The maximum absolute atomic E-state index is 12.6. The van der Waals surface area contributed by atoms with Gasteiger partial charge in [-0.2, -0.15) is 0 Å². The van der Waals surface area contributed by atoms with Crippen molar-refractivity contribution in [1.82, 2.24) is 4.98 Å². The number of aromatic nitrogens is 1. The Bertz CT molecular complexity index is 851. The highest BCUT2D eigenvalue weighted by Gasteiger charge is 2.18. The standard InChI is InChI=1S/C17H15NO3/c1-10(19)14-15(11-6-3-2-4-7-11)18-16-12(17(14)21)8-5-9-13(16)20/h2-10,19-20H,1H3,(H,18,21). The van der Waals surface area contributed by atoms with E-state index < -0.39 is 6.10 Å². The van der Waals surface area contributed by atoms with Crippen molar-refractivity contribution in [3.63, 3.8) is 0 Å². The van der Waals surface area contributed by atoms with E-state index >= 15 is 0 Å². The van der Waals surface area contributed by atoms with Gasteiger partial charge in [-0.3, -0.25) is 4.79 Å². The Morgan fingerprint density at radius 1 is 1.05 bits per heavy atom. The Hall–Kier alpha value is -2.59. The Kier molecular flexibility index (Phi) is 3.23. The molecule has 0 saturated heterocycles. The third-order valence-corrected chi connectivity index (χ3v) is 3.53. The average molecular weight is 281 g/mol. The summed E-state index contributed by atoms with van der Waals surface area (Å²) in [4.78, 5) is 15.7. The first-order chi connectivity index (χ1) is 10.1. The van der Waals surface area contributed by atoms with Gasteiger partial charge in [0.15, 0.2) is 5.43 Å². The molecule has 0 amide bonds. The summed E-state index contributed by atoms with van der Waals surface area (Å²) in [5, 5.41) is 20.3. The molecule has 3 aromatic rings. The predicted molar refractivity (Wildman–Crippen MR) is 82.3 cm³/mol. The molecule has 3 rings (SSSR count). The molecule has 2 aromatic carbocycles. The van der Waals surface area contributed by atoms with Crippen molar-refractivity contribution < 1.29 is 10.2 Å². The van der Waals surface area contributed by atoms with Crippen molar-refractivity contribution in [3.8, 4) is 17.0 Å². The molecule has 21 heavy (non-hydrogen) atoms. The molecule has 0 radical (unpaired) electrons. The maximum Gasteiger partial charge on any atom is 0.195 e. The second-order valence-electron chi connectivity index (χ2n) is 4.98. The number of aromatic amines is 1. The highest BCUT2D eigenvalue weighted by Crippen LogP contribution is 2.29. The minimum absolute atomic E-state index is 0.0129. The van der Waals surface area contributed by atoms with Crippen LogP contribution in [0.1, 0.15) is 18.6 Å². The van der Waals surface area contributed by atoms with E-state index in [4.69, 9.17) is 0 Å². The summed E-state index contributed by atoms with van der Waals surface area (Å²) in [6.45, 7) is 1.56. The number of benzene rings is 2. The van der Waals surface area contributed by atoms with Gasteiger partial charge in [-0.1, -0.05) is 36.4 Å². The van der Waals surface area contributed by atoms with Crippen LogP contribution in [0.25, 0.3) is 22.2 Å². The molecular weight excluding hydrogens is 266 g/mol. The SMILES string of the molecule is CC(O)c1c(-c2ccccc2)[nH]c2c(O)cccc2c1=O. The number of para-hydroxylation sites is 1. The summed E-state index contributed by atoms with van der Waals surface area (Å²) in [5.41, 5.74) is 1.74. The number of phenolic OH excluding ortho intramolecular Hbond substituents is 1. The van der Waals surface area contributed by atoms with Crippen molar-refractivity contribution in [2.75, 3.05) is 0 Å². The zero-order valence-corrected chi connectivity index (χ0v) is 11.5. The summed E-state index contributed by atoms with van der Waals surface area (Å²) in [7, 11) is 0. The van der Waals surface area contributed by atoms with Crippen molar-refractivity contribution in [2.24, 2.45) is 0 Å². The number of nitrogens with one attached hydrogen (secondary N) is 1. The number of fused-ring (bicyclic) bond motifs is 1. The molecule has 0 saturated carbocycles. The van der Waals surface area contributed by atoms with E-state index in [9.17, 15) is 15.0 Å². The van der Waals surface area contributed by atoms with Crippen LogP contribution < -0.4 is 5.43 Å². The van der Waals surface area contributed by atoms with Crippen LogP contribution in [0.5, 0.6) is 5.75 Å². The van der Waals surface area contributed by atoms with E-state index in [0.717, 1.165) is 5.56 Å². The molecule has 0 aliphatic carbocycles. The third kappa shape index (κ3) is 2.19. The number of hydrogen-bond donors (Lipinski definition) is 3. The molecule has 106 valence electrons. The molecular formula is C17H15NO3. The van der Waals surface area contributed by atoms with Crippen molar-refractivity contribution in [1.29, 1.82) is 0 Å². The van der Waals surface area contributed by atoms with Crippen LogP contribution in [0.15, 0.2) is 53.3 Å². The lowest BCUT2D eigenvalue weighted by atomic mass is 9.99. The minimum Gasteiger partial charge on any atom is -0.506 e. The molecule has 3 N–H and O–H groups in total. The second-order valence-corrected chi connectivity index (χ2v) is 4.98. The zero-order valence-electron chi connectivity index (χ0n) is 11.5. The van der Waals surface area contributed by atoms with Gasteiger partial charge in [-0.05, 0) is 24.6 Å². The highest BCUT2D eigenvalue weighted by molar-refractivity contribution is 5.87. The Morgan fingerprint density at radius 2 is 1.76 bits per heavy atom. The number of hydrogen-bond acceptors (Lipinski definition) is 3. The van der Waals surface area contributed by atoms with Gasteiger partial charge >= 0.3 is 0 Å². The number of aromatic hydroxyl groups is 1. The van der Waals surface area contributed by atoms with Gasteiger partial charge in [0.05, 0.1) is 22.9 Å². The van der Waals surface area contributed by atoms with E-state index in [1.54, 1.807) is 19.1 Å². The molecule has 0 aliphatic heterocycles. The van der Waals surface area contributed by atoms with Crippen LogP contribution in [-0.4, -0.2) is 15.2 Å². The van der Waals surface area contributed by atoms with Crippen LogP contribution in [0.3, 0.4) is 0 Å². The monoisotopic (exact) mass is 281 g/mol. The number of rotatable bonds is 2. The van der Waals surface area contributed by atoms with Gasteiger partial charge in [0.25, 0.3) is 0 Å². The number of aliphatic hydroxyl groups is 1. The lowest BCUT2D eigenvalue weighted by molar-refractivity contribution is 0.198. The molecule has 0 aliphatic rings. The number of phenols is 1. The Balaban J connectivity index is 2.46. The van der Waals surface area contributed by atoms with E-state index in [-0.39, 0.29) is 11.2 Å². The smallest absolute Gasteiger partial charge is 0.195 e. The molecule has 1 atom stereocenters. The van der Waals surface area contributed by atoms with E-state index in [1.165, 1.54) is 6.07 Å². The van der Waals surface area contributed by atoms with Gasteiger partial charge in [0.2, 0.25) is 0 Å². The quantitative estimate of drug-likeness (QED) is 0.676. The predicted octanol–water partition coefficient (Wildman–Crippen LogP) is 2.95. The van der Waals surface area contributed by atoms with E-state index in [2.05, 4.69) is 4.98 Å². The van der Waals surface area contributed by atoms with Crippen LogP contribution >= 0.6 is 0 Å². The van der Waals surface area contributed by atoms with Gasteiger partial charge in [0, 0.05) is 5.39 Å². The summed E-state index contributed by atoms with van der Waals surface area (Å²) in [5.74, 6) is 0.0129. The van der Waals surface area contributed by atoms with Crippen LogP contribution in [0.4, 0.5) is 0 Å². The number of H-pyrrole nitrogens is 1. The largest absolute Gasteiger partial charge is 0.506 e. The van der Waals surface area contributed by atoms with Crippen LogP contribution in [0.2, 0.25) is 0 Å². The zero-order chi connectivity index (χ0) is 15.0. The first-order valence-corrected chi connectivity index (χ1v) is 6.71. The lowest BCUT2D eigenvalue weighted by Crippen LogP contribution is -2.15. The van der Waals surface area contributed by atoms with Crippen LogP contribution in [-0.2, 0) is 0 Å². The molecule has 1 unspecified atom stereocenters. The summed E-state index contributed by atoms with van der Waals surface area (Å²) in [6, 6.07) is 14.1. The summed E-state index contributed by atoms with van der Waals surface area (Å²) in [6.07, 6.45) is -0.907. The molecule has 4 heteroatoms. The van der Waals surface area contributed by atoms with Gasteiger partial charge in [-0.15, -0.1) is 0 Å². The fraction of sp³-hybridized carbons (Fsp3) is 0.118. The second kappa shape index (κ2) is 5.07.